The van der Waals surface area contributed by atoms with Crippen molar-refractivity contribution in [2.45, 2.75) is 12.5 Å². The highest BCUT2D eigenvalue weighted by Crippen LogP contribution is 2.38. The molecule has 0 radical (unpaired) electrons. The number of nitrogens with one attached hydrogen (secondary N) is 1. The molecule has 1 heterocycles. The van der Waals surface area contributed by atoms with E-state index in [1.807, 2.05) is 4.72 Å². The molecule has 6 nitrogen and oxygen atoms in total. The van der Waals surface area contributed by atoms with Crippen molar-refractivity contribution in [3.8, 4) is 0 Å². The van der Waals surface area contributed by atoms with Crippen LogP contribution in [0, 0.1) is 5.82 Å². The highest BCUT2D eigenvalue weighted by atomic mass is 35.5. The summed E-state index contributed by atoms with van der Waals surface area (Å²) < 4.78 is 42.9. The van der Waals surface area contributed by atoms with Gasteiger partial charge < -0.3 is 9.84 Å². The minimum absolute atomic E-state index is 0.0891. The Labute approximate surface area is 125 Å². The Balaban J connectivity index is 2.43. The molecule has 0 spiro atoms. The lowest BCUT2D eigenvalue weighted by atomic mass is 9.91. The summed E-state index contributed by atoms with van der Waals surface area (Å²) >= 11 is 5.56. The number of ketones is 1. The van der Waals surface area contributed by atoms with Crippen LogP contribution in [0.25, 0.3) is 0 Å². The van der Waals surface area contributed by atoms with E-state index in [1.54, 1.807) is 0 Å². The van der Waals surface area contributed by atoms with Crippen LogP contribution in [-0.4, -0.2) is 25.6 Å². The van der Waals surface area contributed by atoms with Gasteiger partial charge in [0.25, 0.3) is 5.78 Å². The first-order valence-electron chi connectivity index (χ1n) is 5.65. The lowest BCUT2D eigenvalue weighted by Gasteiger charge is -2.23. The Kier molecular flexibility index (Phi) is 3.63. The maximum absolute atomic E-state index is 13.5. The maximum Gasteiger partial charge on any atom is 0.250 e. The van der Waals surface area contributed by atoms with Gasteiger partial charge in [0.05, 0.1) is 11.3 Å². The van der Waals surface area contributed by atoms with Crippen molar-refractivity contribution >= 4 is 27.4 Å². The Bertz CT molecular complexity index is 761. The lowest BCUT2D eigenvalue weighted by molar-refractivity contribution is -0.131. The van der Waals surface area contributed by atoms with Crippen LogP contribution in [-0.2, 0) is 25.2 Å². The molecule has 2 N–H and O–H groups in total. The molecule has 0 amide bonds. The molecule has 0 saturated carbocycles. The van der Waals surface area contributed by atoms with Gasteiger partial charge >= 0.3 is 0 Å². The molecule has 1 aromatic rings. The molecule has 0 bridgehead atoms. The number of hydrogen-bond donors (Lipinski definition) is 2. The summed E-state index contributed by atoms with van der Waals surface area (Å²) in [7, 11) is -3.75. The van der Waals surface area contributed by atoms with E-state index in [-0.39, 0.29) is 10.6 Å². The van der Waals surface area contributed by atoms with E-state index >= 15 is 0 Å². The molecule has 1 atom stereocenters. The molecule has 1 unspecified atom stereocenters. The fraction of sp³-hybridized carbons (Fsp3) is 0.250. The number of rotatable bonds is 3. The van der Waals surface area contributed by atoms with E-state index in [9.17, 15) is 22.7 Å². The maximum atomic E-state index is 13.5. The summed E-state index contributed by atoms with van der Waals surface area (Å²) in [4.78, 5) is 12.1. The van der Waals surface area contributed by atoms with Crippen LogP contribution >= 0.6 is 11.6 Å². The average molecular weight is 336 g/mol. The van der Waals surface area contributed by atoms with Gasteiger partial charge in [-0.05, 0) is 19.1 Å². The zero-order valence-corrected chi connectivity index (χ0v) is 12.5. The second kappa shape index (κ2) is 4.88. The fourth-order valence-electron chi connectivity index (χ4n) is 1.85. The number of benzene rings is 1. The van der Waals surface area contributed by atoms with Gasteiger partial charge in [-0.2, -0.15) is 0 Å². The third kappa shape index (κ3) is 2.81. The summed E-state index contributed by atoms with van der Waals surface area (Å²) in [6, 6.07) is 3.56. The Morgan fingerprint density at radius 1 is 1.43 bits per heavy atom. The van der Waals surface area contributed by atoms with E-state index < -0.39 is 38.9 Å². The van der Waals surface area contributed by atoms with Crippen molar-refractivity contribution in [1.82, 2.24) is 4.72 Å². The smallest absolute Gasteiger partial charge is 0.250 e. The second-order valence-electron chi connectivity index (χ2n) is 4.65. The van der Waals surface area contributed by atoms with Crippen LogP contribution in [0.4, 0.5) is 4.39 Å². The third-order valence-corrected chi connectivity index (χ3v) is 3.78. The molecule has 2 rings (SSSR count). The molecule has 1 aliphatic heterocycles. The van der Waals surface area contributed by atoms with Gasteiger partial charge in [-0.3, -0.25) is 9.52 Å². The monoisotopic (exact) mass is 335 g/mol. The van der Waals surface area contributed by atoms with Gasteiger partial charge in [-0.1, -0.05) is 17.7 Å². The molecule has 0 aliphatic carbocycles. The predicted molar refractivity (Wildman–Crippen MR) is 72.5 cm³/mol. The van der Waals surface area contributed by atoms with Crippen LogP contribution in [0.15, 0.2) is 29.8 Å². The van der Waals surface area contributed by atoms with Crippen molar-refractivity contribution in [1.29, 1.82) is 0 Å². The summed E-state index contributed by atoms with van der Waals surface area (Å²) in [5.41, 5.74) is -1.66. The summed E-state index contributed by atoms with van der Waals surface area (Å²) in [5, 5.41) is 9.56. The molecule has 0 saturated heterocycles. The topological polar surface area (TPSA) is 92.7 Å². The van der Waals surface area contributed by atoms with Crippen LogP contribution in [0.3, 0.4) is 0 Å². The van der Waals surface area contributed by atoms with Gasteiger partial charge in [0.2, 0.25) is 21.7 Å². The van der Waals surface area contributed by atoms with Gasteiger partial charge in [-0.25, -0.2) is 12.8 Å². The normalized spacial score (nSPS) is 22.4. The number of halogens is 2. The van der Waals surface area contributed by atoms with Crippen molar-refractivity contribution in [2.24, 2.45) is 0 Å². The fourth-order valence-corrected chi connectivity index (χ4v) is 2.44. The number of aliphatic hydroxyl groups is 1. The predicted octanol–water partition coefficient (Wildman–Crippen LogP) is 1.57. The highest BCUT2D eigenvalue weighted by Gasteiger charge is 2.48. The number of aliphatic hydroxyl groups excluding tert-OH is 1. The van der Waals surface area contributed by atoms with Crippen LogP contribution < -0.4 is 4.72 Å². The molecule has 21 heavy (non-hydrogen) atoms. The van der Waals surface area contributed by atoms with Crippen molar-refractivity contribution in [3.63, 3.8) is 0 Å². The zero-order valence-electron chi connectivity index (χ0n) is 11.0. The van der Waals surface area contributed by atoms with Crippen LogP contribution in [0.5, 0.6) is 0 Å². The standard InChI is InChI=1S/C12H11ClFNO5S/c1-12(6-3-4-7(13)8(14)5-6)10(17)9(16)11(20-12)15-21(2,18)19/h3-5,15-16H,1-2H3. The van der Waals surface area contributed by atoms with Gasteiger partial charge in [-0.15, -0.1) is 0 Å². The molecule has 1 aliphatic rings. The number of ether oxygens (including phenoxy) is 1. The molecular formula is C12H11ClFNO5S. The van der Waals surface area contributed by atoms with Gasteiger partial charge in [0.15, 0.2) is 5.60 Å². The number of carbonyl (C=O) groups is 1. The van der Waals surface area contributed by atoms with Crippen molar-refractivity contribution < 1.29 is 27.4 Å². The first-order chi connectivity index (χ1) is 9.54. The van der Waals surface area contributed by atoms with E-state index in [0.29, 0.717) is 0 Å². The van der Waals surface area contributed by atoms with Crippen molar-refractivity contribution in [2.75, 3.05) is 6.26 Å². The number of hydrogen-bond acceptors (Lipinski definition) is 5. The summed E-state index contributed by atoms with van der Waals surface area (Å²) in [6.07, 6.45) is 0.832. The Morgan fingerprint density at radius 3 is 2.57 bits per heavy atom. The number of Topliss-reactive ketones (excluding diaryl/α,β-unsaturated/α-hetero) is 1. The average Bonchev–Trinajstić information content (AvgIpc) is 2.56. The molecule has 9 heteroatoms. The number of carbonyl (C=O) groups excluding carboxylic acids is 1. The highest BCUT2D eigenvalue weighted by molar-refractivity contribution is 7.88. The molecule has 1 aromatic carbocycles. The molecule has 0 fully saturated rings. The van der Waals surface area contributed by atoms with Crippen LogP contribution in [0.1, 0.15) is 12.5 Å². The van der Waals surface area contributed by atoms with E-state index in [2.05, 4.69) is 0 Å². The minimum Gasteiger partial charge on any atom is -0.501 e. The SMILES string of the molecule is CC1(c2ccc(Cl)c(F)c2)OC(NS(C)(=O)=O)=C(O)C1=O. The minimum atomic E-state index is -3.75. The first kappa shape index (κ1) is 15.6. The summed E-state index contributed by atoms with van der Waals surface area (Å²) in [5.74, 6) is -3.13. The zero-order chi connectivity index (χ0) is 16.0. The second-order valence-corrected chi connectivity index (χ2v) is 6.80. The lowest BCUT2D eigenvalue weighted by Crippen LogP contribution is -2.32. The van der Waals surface area contributed by atoms with E-state index in [0.717, 1.165) is 12.3 Å². The number of sulfonamides is 1. The van der Waals surface area contributed by atoms with E-state index in [1.165, 1.54) is 19.1 Å². The van der Waals surface area contributed by atoms with Gasteiger partial charge in [0, 0.05) is 5.56 Å². The van der Waals surface area contributed by atoms with Gasteiger partial charge in [0.1, 0.15) is 5.82 Å². The largest absolute Gasteiger partial charge is 0.501 e. The Hall–Kier alpha value is -1.80. The summed E-state index contributed by atoms with van der Waals surface area (Å²) in [6.45, 7) is 1.28. The third-order valence-electron chi connectivity index (χ3n) is 2.92. The van der Waals surface area contributed by atoms with Crippen molar-refractivity contribution in [3.05, 3.63) is 46.2 Å². The van der Waals surface area contributed by atoms with Crippen LogP contribution in [0.2, 0.25) is 5.02 Å². The van der Waals surface area contributed by atoms with E-state index in [4.69, 9.17) is 16.3 Å². The molecule has 0 aromatic heterocycles. The molecular weight excluding hydrogens is 325 g/mol. The molecule has 114 valence electrons. The first-order valence-corrected chi connectivity index (χ1v) is 7.92. The Morgan fingerprint density at radius 2 is 2.05 bits per heavy atom. The quantitative estimate of drug-likeness (QED) is 0.874.